The second kappa shape index (κ2) is 8.85. The standard InChI is InChI=1S/C23H20N4O7/c1-14-5-4-7-18-20(14)23(30)25(22(18)29)24(13-15-9-11-16(12-10-15)26(31)32)21(28)17-6-2-3-8-19(17)27(33)34/h2-6,8-12,14,18,20H,7,13H2,1H3/t14-,18-,20-/m1/s1. The molecule has 0 radical (unpaired) electrons. The molecule has 0 bridgehead atoms. The van der Waals surface area contributed by atoms with Crippen molar-refractivity contribution in [3.8, 4) is 0 Å². The van der Waals surface area contributed by atoms with Gasteiger partial charge in [0.15, 0.2) is 0 Å². The van der Waals surface area contributed by atoms with Crippen LogP contribution in [-0.4, -0.2) is 37.6 Å². The van der Waals surface area contributed by atoms with Crippen molar-refractivity contribution in [3.05, 3.63) is 92.0 Å². The van der Waals surface area contributed by atoms with E-state index in [2.05, 4.69) is 0 Å². The SMILES string of the molecule is C[C@@H]1C=CC[C@H]2C(=O)N(N(Cc3ccc([N+](=O)[O-])cc3)C(=O)c3ccccc3[N+](=O)[O-])C(=O)[C@H]12. The molecule has 4 rings (SSSR count). The van der Waals surface area contributed by atoms with E-state index >= 15 is 0 Å². The summed E-state index contributed by atoms with van der Waals surface area (Å²) in [4.78, 5) is 61.4. The maximum absolute atomic E-state index is 13.6. The minimum Gasteiger partial charge on any atom is -0.272 e. The second-order valence-corrected chi connectivity index (χ2v) is 8.20. The van der Waals surface area contributed by atoms with Crippen molar-refractivity contribution >= 4 is 29.1 Å². The Morgan fingerprint density at radius 1 is 1.03 bits per heavy atom. The Morgan fingerprint density at radius 2 is 1.71 bits per heavy atom. The quantitative estimate of drug-likeness (QED) is 0.276. The maximum atomic E-state index is 13.6. The number of nitrogens with zero attached hydrogens (tertiary/aromatic N) is 4. The molecule has 3 atom stereocenters. The number of imide groups is 1. The van der Waals surface area contributed by atoms with Crippen LogP contribution in [0.25, 0.3) is 0 Å². The van der Waals surface area contributed by atoms with Gasteiger partial charge in [0.1, 0.15) is 5.56 Å². The van der Waals surface area contributed by atoms with Crippen molar-refractivity contribution in [2.45, 2.75) is 19.9 Å². The van der Waals surface area contributed by atoms with Gasteiger partial charge in [-0.1, -0.05) is 43.3 Å². The Balaban J connectivity index is 1.76. The van der Waals surface area contributed by atoms with Gasteiger partial charge in [-0.05, 0) is 24.0 Å². The summed E-state index contributed by atoms with van der Waals surface area (Å²) in [6.45, 7) is 1.52. The van der Waals surface area contributed by atoms with E-state index in [1.54, 1.807) is 0 Å². The molecule has 1 aliphatic carbocycles. The van der Waals surface area contributed by atoms with Crippen molar-refractivity contribution in [3.63, 3.8) is 0 Å². The molecule has 1 saturated heterocycles. The topological polar surface area (TPSA) is 144 Å². The van der Waals surface area contributed by atoms with Crippen LogP contribution in [0, 0.1) is 38.0 Å². The normalized spacial score (nSPS) is 21.3. The molecule has 0 unspecified atom stereocenters. The maximum Gasteiger partial charge on any atom is 0.282 e. The number of rotatable bonds is 6. The minimum atomic E-state index is -0.897. The molecule has 0 spiro atoms. The lowest BCUT2D eigenvalue weighted by Gasteiger charge is -2.30. The van der Waals surface area contributed by atoms with E-state index in [1.165, 1.54) is 42.5 Å². The first-order chi connectivity index (χ1) is 16.2. The van der Waals surface area contributed by atoms with Gasteiger partial charge in [-0.15, -0.1) is 0 Å². The van der Waals surface area contributed by atoms with Gasteiger partial charge in [0.2, 0.25) is 0 Å². The summed E-state index contributed by atoms with van der Waals surface area (Å²) in [6, 6.07) is 10.6. The van der Waals surface area contributed by atoms with Crippen LogP contribution in [0.1, 0.15) is 29.3 Å². The van der Waals surface area contributed by atoms with Crippen LogP contribution in [-0.2, 0) is 16.1 Å². The van der Waals surface area contributed by atoms with E-state index in [-0.39, 0.29) is 23.7 Å². The average Bonchev–Trinajstić information content (AvgIpc) is 3.08. The van der Waals surface area contributed by atoms with Crippen LogP contribution < -0.4 is 0 Å². The Bertz CT molecular complexity index is 1220. The highest BCUT2D eigenvalue weighted by Gasteiger charge is 2.53. The molecule has 1 aliphatic heterocycles. The molecule has 0 N–H and O–H groups in total. The summed E-state index contributed by atoms with van der Waals surface area (Å²) in [5, 5.41) is 24.2. The smallest absolute Gasteiger partial charge is 0.272 e. The molecule has 0 saturated carbocycles. The first-order valence-corrected chi connectivity index (χ1v) is 10.5. The predicted octanol–water partition coefficient (Wildman–Crippen LogP) is 3.26. The van der Waals surface area contributed by atoms with Gasteiger partial charge in [-0.3, -0.25) is 34.6 Å². The fourth-order valence-corrected chi connectivity index (χ4v) is 4.45. The molecule has 1 heterocycles. The zero-order valence-corrected chi connectivity index (χ0v) is 18.1. The number of carbonyl (C=O) groups is 3. The van der Waals surface area contributed by atoms with Gasteiger partial charge >= 0.3 is 0 Å². The predicted molar refractivity (Wildman–Crippen MR) is 118 cm³/mol. The van der Waals surface area contributed by atoms with Crippen LogP contribution in [0.2, 0.25) is 0 Å². The van der Waals surface area contributed by atoms with Crippen LogP contribution in [0.4, 0.5) is 11.4 Å². The number of non-ortho nitro benzene ring substituents is 1. The summed E-state index contributed by atoms with van der Waals surface area (Å²) >= 11 is 0. The first-order valence-electron chi connectivity index (χ1n) is 10.5. The second-order valence-electron chi connectivity index (χ2n) is 8.20. The summed E-state index contributed by atoms with van der Waals surface area (Å²) in [7, 11) is 0. The summed E-state index contributed by atoms with van der Waals surface area (Å²) in [6.07, 6.45) is 4.02. The summed E-state index contributed by atoms with van der Waals surface area (Å²) < 4.78 is 0. The van der Waals surface area contributed by atoms with Gasteiger partial charge in [-0.2, -0.15) is 5.01 Å². The highest BCUT2D eigenvalue weighted by molar-refractivity contribution is 6.08. The van der Waals surface area contributed by atoms with E-state index in [4.69, 9.17) is 0 Å². The number of nitro groups is 2. The molecular weight excluding hydrogens is 444 g/mol. The third-order valence-electron chi connectivity index (χ3n) is 6.14. The number of fused-ring (bicyclic) bond motifs is 1. The van der Waals surface area contributed by atoms with Gasteiger partial charge in [-0.25, -0.2) is 5.01 Å². The zero-order valence-electron chi connectivity index (χ0n) is 18.1. The Hall–Kier alpha value is -4.41. The van der Waals surface area contributed by atoms with Gasteiger partial charge in [0.25, 0.3) is 29.1 Å². The largest absolute Gasteiger partial charge is 0.282 e. The third-order valence-corrected chi connectivity index (χ3v) is 6.14. The van der Waals surface area contributed by atoms with Gasteiger partial charge in [0.05, 0.1) is 28.2 Å². The van der Waals surface area contributed by atoms with Crippen molar-refractivity contribution in [2.24, 2.45) is 17.8 Å². The molecule has 1 fully saturated rings. The van der Waals surface area contributed by atoms with Crippen LogP contribution in [0.15, 0.2) is 60.7 Å². The minimum absolute atomic E-state index is 0.167. The molecule has 2 aromatic carbocycles. The summed E-state index contributed by atoms with van der Waals surface area (Å²) in [5.41, 5.74) is -0.512. The van der Waals surface area contributed by atoms with Crippen molar-refractivity contribution in [1.29, 1.82) is 0 Å². The van der Waals surface area contributed by atoms with E-state index in [1.807, 2.05) is 19.1 Å². The number of para-hydroxylation sites is 1. The number of carbonyl (C=O) groups excluding carboxylic acids is 3. The molecule has 3 amide bonds. The summed E-state index contributed by atoms with van der Waals surface area (Å²) in [5.74, 6) is -3.50. The molecule has 11 nitrogen and oxygen atoms in total. The fourth-order valence-electron chi connectivity index (χ4n) is 4.45. The number of hydrogen-bond acceptors (Lipinski definition) is 7. The van der Waals surface area contributed by atoms with E-state index in [0.717, 1.165) is 16.1 Å². The number of allylic oxidation sites excluding steroid dienone is 2. The zero-order chi connectivity index (χ0) is 24.6. The van der Waals surface area contributed by atoms with E-state index in [9.17, 15) is 34.6 Å². The van der Waals surface area contributed by atoms with Crippen molar-refractivity contribution in [1.82, 2.24) is 10.0 Å². The molecular formula is C23H20N4O7. The number of hydrogen-bond donors (Lipinski definition) is 0. The Labute approximate surface area is 193 Å². The lowest BCUT2D eigenvalue weighted by molar-refractivity contribution is -0.385. The van der Waals surface area contributed by atoms with Gasteiger partial charge < -0.3 is 0 Å². The Morgan fingerprint density at radius 3 is 2.32 bits per heavy atom. The lowest BCUT2D eigenvalue weighted by atomic mass is 9.78. The molecule has 2 aromatic rings. The number of amides is 3. The molecule has 0 aromatic heterocycles. The average molecular weight is 464 g/mol. The fraction of sp³-hybridized carbons (Fsp3) is 0.261. The van der Waals surface area contributed by atoms with Gasteiger partial charge in [0, 0.05) is 18.2 Å². The van der Waals surface area contributed by atoms with Crippen LogP contribution in [0.3, 0.4) is 0 Å². The van der Waals surface area contributed by atoms with Crippen molar-refractivity contribution < 1.29 is 24.2 Å². The molecule has 11 heteroatoms. The number of nitro benzene ring substituents is 2. The highest BCUT2D eigenvalue weighted by atomic mass is 16.6. The number of benzene rings is 2. The monoisotopic (exact) mass is 464 g/mol. The van der Waals surface area contributed by atoms with E-state index < -0.39 is 45.1 Å². The van der Waals surface area contributed by atoms with E-state index in [0.29, 0.717) is 12.0 Å². The third kappa shape index (κ3) is 3.91. The molecule has 2 aliphatic rings. The first kappa shape index (κ1) is 22.8. The Kier molecular flexibility index (Phi) is 5.93. The highest BCUT2D eigenvalue weighted by Crippen LogP contribution is 2.40. The van der Waals surface area contributed by atoms with Crippen LogP contribution in [0.5, 0.6) is 0 Å². The van der Waals surface area contributed by atoms with Crippen molar-refractivity contribution in [2.75, 3.05) is 0 Å². The molecule has 34 heavy (non-hydrogen) atoms. The van der Waals surface area contributed by atoms with Crippen LogP contribution >= 0.6 is 0 Å². The lowest BCUT2D eigenvalue weighted by Crippen LogP contribution is -2.50. The molecule has 174 valence electrons. The number of hydrazine groups is 1.